The number of carbonyl (C=O) groups is 1. The summed E-state index contributed by atoms with van der Waals surface area (Å²) in [6.45, 7) is 2.09. The quantitative estimate of drug-likeness (QED) is 0.651. The normalized spacial score (nSPS) is 13.2. The van der Waals surface area contributed by atoms with Crippen LogP contribution in [-0.4, -0.2) is 30.8 Å². The molecule has 0 aliphatic heterocycles. The van der Waals surface area contributed by atoms with Gasteiger partial charge in [0, 0.05) is 11.6 Å². The van der Waals surface area contributed by atoms with Crippen LogP contribution in [0.1, 0.15) is 54.0 Å². The molecule has 0 radical (unpaired) electrons. The fourth-order valence-corrected chi connectivity index (χ4v) is 2.85. The second-order valence-electron chi connectivity index (χ2n) is 6.74. The number of carbonyl (C=O) groups excluding carboxylic acids is 1. The van der Waals surface area contributed by atoms with Gasteiger partial charge in [0.2, 0.25) is 0 Å². The average molecular weight is 375 g/mol. The Morgan fingerprint density at radius 3 is 2.71 bits per heavy atom. The number of nitrogens with zero attached hydrogens (tertiary/aromatic N) is 5. The zero-order valence-corrected chi connectivity index (χ0v) is 15.6. The Balaban J connectivity index is 1.61. The van der Waals surface area contributed by atoms with Gasteiger partial charge in [-0.15, -0.1) is 0 Å². The first-order chi connectivity index (χ1) is 13.7. The van der Waals surface area contributed by atoms with E-state index < -0.39 is 0 Å². The van der Waals surface area contributed by atoms with E-state index in [-0.39, 0.29) is 11.6 Å². The van der Waals surface area contributed by atoms with Crippen molar-refractivity contribution in [3.05, 3.63) is 60.2 Å². The lowest BCUT2D eigenvalue weighted by molar-refractivity contribution is 0.102. The third-order valence-electron chi connectivity index (χ3n) is 4.38. The van der Waals surface area contributed by atoms with Crippen molar-refractivity contribution in [2.45, 2.75) is 38.5 Å². The molecule has 4 rings (SSSR count). The number of nitrogens with one attached hydrogen (secondary N) is 2. The molecule has 0 saturated heterocycles. The van der Waals surface area contributed by atoms with E-state index in [0.29, 0.717) is 23.2 Å². The molecular formula is C20H21N7O. The number of aryl methyl sites for hydroxylation is 1. The molecule has 1 fully saturated rings. The van der Waals surface area contributed by atoms with Gasteiger partial charge < -0.3 is 10.6 Å². The minimum atomic E-state index is -0.351. The zero-order chi connectivity index (χ0) is 19.3. The third-order valence-corrected chi connectivity index (χ3v) is 4.38. The number of pyridine rings is 1. The molecule has 1 aliphatic carbocycles. The number of amides is 1. The maximum absolute atomic E-state index is 13.0. The second-order valence-corrected chi connectivity index (χ2v) is 6.74. The number of anilines is 3. The smallest absolute Gasteiger partial charge is 0.279 e. The zero-order valence-electron chi connectivity index (χ0n) is 15.6. The monoisotopic (exact) mass is 375 g/mol. The summed E-state index contributed by atoms with van der Waals surface area (Å²) < 4.78 is 0. The summed E-state index contributed by atoms with van der Waals surface area (Å²) in [7, 11) is 0. The van der Waals surface area contributed by atoms with Gasteiger partial charge in [-0.25, -0.2) is 24.9 Å². The predicted octanol–water partition coefficient (Wildman–Crippen LogP) is 3.49. The first-order valence-corrected chi connectivity index (χ1v) is 9.39. The van der Waals surface area contributed by atoms with E-state index in [4.69, 9.17) is 0 Å². The van der Waals surface area contributed by atoms with Gasteiger partial charge in [-0.05, 0) is 31.4 Å². The molecule has 28 heavy (non-hydrogen) atoms. The molecule has 1 amide bonds. The van der Waals surface area contributed by atoms with Gasteiger partial charge in [0.15, 0.2) is 11.5 Å². The Morgan fingerprint density at radius 2 is 1.96 bits per heavy atom. The molecule has 3 heterocycles. The molecule has 3 aromatic rings. The van der Waals surface area contributed by atoms with Crippen LogP contribution in [-0.2, 0) is 6.42 Å². The molecule has 8 nitrogen and oxygen atoms in total. The Hall–Kier alpha value is -3.42. The summed E-state index contributed by atoms with van der Waals surface area (Å²) in [4.78, 5) is 34.4. The molecule has 0 atom stereocenters. The second kappa shape index (κ2) is 8.08. The summed E-state index contributed by atoms with van der Waals surface area (Å²) in [5, 5.41) is 5.92. The summed E-state index contributed by atoms with van der Waals surface area (Å²) in [5.74, 6) is 0.902. The van der Waals surface area contributed by atoms with Gasteiger partial charge in [-0.3, -0.25) is 4.79 Å². The Labute approximate surface area is 162 Å². The highest BCUT2D eigenvalue weighted by Gasteiger charge is 2.27. The maximum atomic E-state index is 13.0. The van der Waals surface area contributed by atoms with Crippen LogP contribution in [0, 0.1) is 0 Å². The van der Waals surface area contributed by atoms with Crippen LogP contribution in [0.2, 0.25) is 0 Å². The van der Waals surface area contributed by atoms with E-state index in [1.807, 2.05) is 12.1 Å². The minimum Gasteiger partial charge on any atom is -0.336 e. The maximum Gasteiger partial charge on any atom is 0.279 e. The number of hydrogen-bond donors (Lipinski definition) is 2. The molecule has 1 saturated carbocycles. The average Bonchev–Trinajstić information content (AvgIpc) is 3.55. The van der Waals surface area contributed by atoms with Crippen molar-refractivity contribution in [2.24, 2.45) is 0 Å². The molecule has 0 aromatic carbocycles. The Bertz CT molecular complexity index is 973. The van der Waals surface area contributed by atoms with Crippen LogP contribution in [0.5, 0.6) is 0 Å². The van der Waals surface area contributed by atoms with Gasteiger partial charge in [-0.1, -0.05) is 19.4 Å². The minimum absolute atomic E-state index is 0.232. The number of hydrogen-bond acceptors (Lipinski definition) is 7. The number of aromatic nitrogens is 5. The highest BCUT2D eigenvalue weighted by atomic mass is 16.2. The summed E-state index contributed by atoms with van der Waals surface area (Å²) in [6, 6.07) is 5.61. The predicted molar refractivity (Wildman–Crippen MR) is 106 cm³/mol. The van der Waals surface area contributed by atoms with Crippen LogP contribution in [0.3, 0.4) is 0 Å². The Kier molecular flexibility index (Phi) is 5.18. The van der Waals surface area contributed by atoms with Gasteiger partial charge in [0.05, 0.1) is 30.0 Å². The van der Waals surface area contributed by atoms with Crippen LogP contribution in [0.4, 0.5) is 17.3 Å². The van der Waals surface area contributed by atoms with Crippen molar-refractivity contribution in [1.82, 2.24) is 24.9 Å². The lowest BCUT2D eigenvalue weighted by atomic mass is 10.2. The lowest BCUT2D eigenvalue weighted by Crippen LogP contribution is -2.18. The van der Waals surface area contributed by atoms with Crippen LogP contribution in [0.15, 0.2) is 43.1 Å². The fourth-order valence-electron chi connectivity index (χ4n) is 2.85. The summed E-state index contributed by atoms with van der Waals surface area (Å²) >= 11 is 0. The van der Waals surface area contributed by atoms with Crippen molar-refractivity contribution in [3.8, 4) is 0 Å². The first kappa shape index (κ1) is 18.0. The number of rotatable bonds is 7. The van der Waals surface area contributed by atoms with Crippen molar-refractivity contribution < 1.29 is 4.79 Å². The fraction of sp³-hybridized carbons (Fsp3) is 0.300. The molecule has 2 N–H and O–H groups in total. The van der Waals surface area contributed by atoms with E-state index in [0.717, 1.165) is 37.1 Å². The van der Waals surface area contributed by atoms with Gasteiger partial charge in [0.1, 0.15) is 12.1 Å². The van der Waals surface area contributed by atoms with Gasteiger partial charge in [-0.2, -0.15) is 0 Å². The van der Waals surface area contributed by atoms with E-state index >= 15 is 0 Å². The largest absolute Gasteiger partial charge is 0.336 e. The topological polar surface area (TPSA) is 106 Å². The van der Waals surface area contributed by atoms with Crippen molar-refractivity contribution >= 4 is 23.2 Å². The van der Waals surface area contributed by atoms with E-state index in [1.165, 1.54) is 6.33 Å². The van der Waals surface area contributed by atoms with E-state index in [9.17, 15) is 4.79 Å². The van der Waals surface area contributed by atoms with Gasteiger partial charge in [0.25, 0.3) is 5.91 Å². The molecule has 0 unspecified atom stereocenters. The standard InChI is InChI=1S/C20H21N7O/c1-2-4-14-5-3-6-17(24-14)27-20(28)18-19(25-15-9-21-12-22-10-15)23-11-16(26-18)13-7-8-13/h3,5-6,9-13H,2,4,7-8H2,1H3,(H,23,25)(H,24,27,28). The van der Waals surface area contributed by atoms with Crippen molar-refractivity contribution in [3.63, 3.8) is 0 Å². The molecule has 3 aromatic heterocycles. The van der Waals surface area contributed by atoms with Gasteiger partial charge >= 0.3 is 0 Å². The van der Waals surface area contributed by atoms with Crippen molar-refractivity contribution in [1.29, 1.82) is 0 Å². The SMILES string of the molecule is CCCc1cccc(NC(=O)c2nc(C3CC3)cnc2Nc2cncnc2)n1. The molecule has 8 heteroatoms. The summed E-state index contributed by atoms with van der Waals surface area (Å²) in [6.07, 6.45) is 10.4. The lowest BCUT2D eigenvalue weighted by Gasteiger charge is -2.12. The summed E-state index contributed by atoms with van der Waals surface area (Å²) in [5.41, 5.74) is 2.65. The molecule has 142 valence electrons. The molecule has 0 spiro atoms. The molecular weight excluding hydrogens is 354 g/mol. The van der Waals surface area contributed by atoms with Crippen LogP contribution in [0.25, 0.3) is 0 Å². The van der Waals surface area contributed by atoms with E-state index in [2.05, 4.69) is 42.5 Å². The molecule has 0 bridgehead atoms. The van der Waals surface area contributed by atoms with E-state index in [1.54, 1.807) is 24.7 Å². The third kappa shape index (κ3) is 4.28. The highest BCUT2D eigenvalue weighted by Crippen LogP contribution is 2.39. The van der Waals surface area contributed by atoms with Crippen LogP contribution < -0.4 is 10.6 Å². The Morgan fingerprint density at radius 1 is 1.14 bits per heavy atom. The highest BCUT2D eigenvalue weighted by molar-refractivity contribution is 6.05. The van der Waals surface area contributed by atoms with Crippen molar-refractivity contribution in [2.75, 3.05) is 10.6 Å². The molecule has 1 aliphatic rings. The van der Waals surface area contributed by atoms with Crippen LogP contribution >= 0.6 is 0 Å². The first-order valence-electron chi connectivity index (χ1n) is 9.39.